The lowest BCUT2D eigenvalue weighted by Gasteiger charge is -2.33. The third-order valence-electron chi connectivity index (χ3n) is 4.08. The van der Waals surface area contributed by atoms with Crippen molar-refractivity contribution in [3.05, 3.63) is 47.4 Å². The van der Waals surface area contributed by atoms with Gasteiger partial charge in [0.15, 0.2) is 11.0 Å². The zero-order valence-electron chi connectivity index (χ0n) is 13.7. The van der Waals surface area contributed by atoms with Gasteiger partial charge in [0.25, 0.3) is 0 Å². The second-order valence-corrected chi connectivity index (χ2v) is 6.49. The monoisotopic (exact) mass is 334 g/mol. The third-order valence-corrected chi connectivity index (χ3v) is 4.36. The second-order valence-electron chi connectivity index (χ2n) is 6.13. The van der Waals surface area contributed by atoms with Crippen molar-refractivity contribution in [1.29, 1.82) is 0 Å². The van der Waals surface area contributed by atoms with Crippen molar-refractivity contribution in [2.45, 2.75) is 19.8 Å². The molecule has 5 nitrogen and oxygen atoms in total. The van der Waals surface area contributed by atoms with Crippen LogP contribution in [0.2, 0.25) is 5.15 Å². The number of aliphatic hydroxyl groups excluding tert-OH is 1. The molecule has 0 spiro atoms. The average molecular weight is 335 g/mol. The minimum Gasteiger partial charge on any atom is -0.396 e. The van der Waals surface area contributed by atoms with E-state index in [4.69, 9.17) is 11.6 Å². The van der Waals surface area contributed by atoms with Crippen LogP contribution in [-0.2, 0) is 0 Å². The van der Waals surface area contributed by atoms with Gasteiger partial charge in [0.2, 0.25) is 0 Å². The Morgan fingerprint density at radius 3 is 2.52 bits per heavy atom. The molecule has 0 bridgehead atoms. The summed E-state index contributed by atoms with van der Waals surface area (Å²) in [7, 11) is 1.78. The number of anilines is 2. The van der Waals surface area contributed by atoms with E-state index >= 15 is 0 Å². The molecule has 0 aliphatic rings. The van der Waals surface area contributed by atoms with E-state index in [1.807, 2.05) is 18.2 Å². The average Bonchev–Trinajstić information content (AvgIpc) is 2.56. The Morgan fingerprint density at radius 2 is 1.91 bits per heavy atom. The van der Waals surface area contributed by atoms with Crippen LogP contribution in [0.15, 0.2) is 36.7 Å². The smallest absolute Gasteiger partial charge is 0.157 e. The number of benzene rings is 1. The number of nitrogens with zero attached hydrogens (tertiary/aromatic N) is 2. The van der Waals surface area contributed by atoms with E-state index in [0.717, 1.165) is 0 Å². The highest BCUT2D eigenvalue weighted by Crippen LogP contribution is 2.36. The van der Waals surface area contributed by atoms with Crippen molar-refractivity contribution in [1.82, 2.24) is 9.97 Å². The Kier molecular flexibility index (Phi) is 5.80. The number of halogens is 1. The molecule has 1 atom stereocenters. The maximum absolute atomic E-state index is 9.78. The molecule has 0 saturated carbocycles. The largest absolute Gasteiger partial charge is 0.396 e. The Labute approximate surface area is 142 Å². The zero-order chi connectivity index (χ0) is 16.9. The fourth-order valence-corrected chi connectivity index (χ4v) is 2.79. The topological polar surface area (TPSA) is 70.1 Å². The summed E-state index contributed by atoms with van der Waals surface area (Å²) in [6.07, 6.45) is 1.43. The molecule has 0 aliphatic heterocycles. The van der Waals surface area contributed by atoms with Crippen LogP contribution in [0.5, 0.6) is 0 Å². The van der Waals surface area contributed by atoms with Gasteiger partial charge in [0.05, 0.1) is 0 Å². The Morgan fingerprint density at radius 1 is 1.22 bits per heavy atom. The lowest BCUT2D eigenvalue weighted by Crippen LogP contribution is -2.31. The molecule has 124 valence electrons. The van der Waals surface area contributed by atoms with Gasteiger partial charge in [-0.1, -0.05) is 55.8 Å². The molecule has 6 heteroatoms. The number of aliphatic hydroxyl groups is 1. The predicted molar refractivity (Wildman–Crippen MR) is 95.1 cm³/mol. The molecule has 0 amide bonds. The van der Waals surface area contributed by atoms with Crippen molar-refractivity contribution in [3.63, 3.8) is 0 Å². The fourth-order valence-electron chi connectivity index (χ4n) is 2.56. The summed E-state index contributed by atoms with van der Waals surface area (Å²) in [5.74, 6) is 0.773. The van der Waals surface area contributed by atoms with Gasteiger partial charge in [-0.2, -0.15) is 0 Å². The molecule has 23 heavy (non-hydrogen) atoms. The van der Waals surface area contributed by atoms with Crippen LogP contribution in [0.4, 0.5) is 11.5 Å². The van der Waals surface area contributed by atoms with Crippen LogP contribution in [-0.4, -0.2) is 35.3 Å². The maximum Gasteiger partial charge on any atom is 0.157 e. The van der Waals surface area contributed by atoms with Gasteiger partial charge in [-0.15, -0.1) is 0 Å². The lowest BCUT2D eigenvalue weighted by atomic mass is 9.75. The first-order chi connectivity index (χ1) is 11.0. The minimum atomic E-state index is -0.273. The molecule has 0 aliphatic carbocycles. The summed E-state index contributed by atoms with van der Waals surface area (Å²) in [6.45, 7) is 4.83. The second kappa shape index (κ2) is 7.62. The molecular weight excluding hydrogens is 312 g/mol. The number of hydrogen-bond acceptors (Lipinski definition) is 5. The molecule has 2 aromatic rings. The summed E-state index contributed by atoms with van der Waals surface area (Å²) in [5, 5.41) is 16.5. The SMILES string of the molecule is CNc1c(Cl)ncnc1NCC(c1ccccc1)C(C)(C)CO. The third kappa shape index (κ3) is 4.12. The van der Waals surface area contributed by atoms with Crippen LogP contribution >= 0.6 is 11.6 Å². The van der Waals surface area contributed by atoms with Crippen LogP contribution in [0.25, 0.3) is 0 Å². The lowest BCUT2D eigenvalue weighted by molar-refractivity contribution is 0.134. The molecule has 0 fully saturated rings. The Bertz CT molecular complexity index is 634. The highest BCUT2D eigenvalue weighted by molar-refractivity contribution is 6.32. The van der Waals surface area contributed by atoms with Gasteiger partial charge in [-0.25, -0.2) is 9.97 Å². The predicted octanol–water partition coefficient (Wildman–Crippen LogP) is 3.39. The maximum atomic E-state index is 9.78. The molecule has 0 saturated heterocycles. The molecule has 3 N–H and O–H groups in total. The highest BCUT2D eigenvalue weighted by atomic mass is 35.5. The quantitative estimate of drug-likeness (QED) is 0.677. The fraction of sp³-hybridized carbons (Fsp3) is 0.412. The standard InChI is InChI=1S/C17H23ClN4O/c1-17(2,10-23)13(12-7-5-4-6-8-12)9-20-16-14(19-3)15(18)21-11-22-16/h4-8,11,13,19,23H,9-10H2,1-3H3,(H,20,21,22). The van der Waals surface area contributed by atoms with E-state index in [0.29, 0.717) is 23.2 Å². The summed E-state index contributed by atoms with van der Waals surface area (Å²) in [4.78, 5) is 8.22. The normalized spacial score (nSPS) is 12.7. The molecule has 1 unspecified atom stereocenters. The number of nitrogens with one attached hydrogen (secondary N) is 2. The van der Waals surface area contributed by atoms with Crippen molar-refractivity contribution < 1.29 is 5.11 Å². The van der Waals surface area contributed by atoms with Gasteiger partial charge in [-0.3, -0.25) is 0 Å². The van der Waals surface area contributed by atoms with E-state index in [9.17, 15) is 5.11 Å². The first-order valence-electron chi connectivity index (χ1n) is 7.57. The summed E-state index contributed by atoms with van der Waals surface area (Å²) >= 11 is 6.09. The van der Waals surface area contributed by atoms with E-state index in [1.54, 1.807) is 7.05 Å². The van der Waals surface area contributed by atoms with E-state index in [2.05, 4.69) is 46.6 Å². The summed E-state index contributed by atoms with van der Waals surface area (Å²) in [6, 6.07) is 10.2. The first kappa shape index (κ1) is 17.5. The van der Waals surface area contributed by atoms with Crippen molar-refractivity contribution in [3.8, 4) is 0 Å². The molecule has 1 aromatic heterocycles. The Balaban J connectivity index is 2.25. The summed E-state index contributed by atoms with van der Waals surface area (Å²) < 4.78 is 0. The van der Waals surface area contributed by atoms with E-state index in [-0.39, 0.29) is 17.9 Å². The van der Waals surface area contributed by atoms with E-state index in [1.165, 1.54) is 11.9 Å². The van der Waals surface area contributed by atoms with Crippen LogP contribution in [0, 0.1) is 5.41 Å². The summed E-state index contributed by atoms with van der Waals surface area (Å²) in [5.41, 5.74) is 1.57. The molecule has 0 radical (unpaired) electrons. The van der Waals surface area contributed by atoms with Crippen molar-refractivity contribution in [2.24, 2.45) is 5.41 Å². The van der Waals surface area contributed by atoms with Gasteiger partial charge >= 0.3 is 0 Å². The zero-order valence-corrected chi connectivity index (χ0v) is 14.4. The van der Waals surface area contributed by atoms with Gasteiger partial charge in [0.1, 0.15) is 12.0 Å². The van der Waals surface area contributed by atoms with Crippen LogP contribution < -0.4 is 10.6 Å². The van der Waals surface area contributed by atoms with Gasteiger partial charge in [0, 0.05) is 26.1 Å². The van der Waals surface area contributed by atoms with Crippen molar-refractivity contribution >= 4 is 23.1 Å². The van der Waals surface area contributed by atoms with Gasteiger partial charge in [-0.05, 0) is 11.0 Å². The number of rotatable bonds is 7. The number of aromatic nitrogens is 2. The van der Waals surface area contributed by atoms with Gasteiger partial charge < -0.3 is 15.7 Å². The highest BCUT2D eigenvalue weighted by Gasteiger charge is 2.30. The Hall–Kier alpha value is -1.85. The van der Waals surface area contributed by atoms with Crippen molar-refractivity contribution in [2.75, 3.05) is 30.8 Å². The number of hydrogen-bond donors (Lipinski definition) is 3. The van der Waals surface area contributed by atoms with E-state index < -0.39 is 0 Å². The molecule has 1 heterocycles. The van der Waals surface area contributed by atoms with Crippen LogP contribution in [0.1, 0.15) is 25.3 Å². The molecule has 2 rings (SSSR count). The molecule has 1 aromatic carbocycles. The molecular formula is C17H23ClN4O. The first-order valence-corrected chi connectivity index (χ1v) is 7.95. The van der Waals surface area contributed by atoms with Crippen LogP contribution in [0.3, 0.4) is 0 Å². The minimum absolute atomic E-state index is 0.0949.